The standard InChI is InChI=1S/C10H14N2O3/c13-8(14)5-7-9(11-12-10(7)15)6-3-1-2-4-6/h6H,1-5H2,(H,13,14)(H2,11,12,15). The van der Waals surface area contributed by atoms with Crippen LogP contribution in [0.4, 0.5) is 0 Å². The largest absolute Gasteiger partial charge is 0.481 e. The van der Waals surface area contributed by atoms with Crippen molar-refractivity contribution in [3.8, 4) is 0 Å². The fraction of sp³-hybridized carbons (Fsp3) is 0.600. The Morgan fingerprint density at radius 1 is 1.33 bits per heavy atom. The summed E-state index contributed by atoms with van der Waals surface area (Å²) >= 11 is 0. The molecule has 1 aliphatic rings. The van der Waals surface area contributed by atoms with Crippen LogP contribution < -0.4 is 5.56 Å². The first kappa shape index (κ1) is 10.0. The van der Waals surface area contributed by atoms with Gasteiger partial charge >= 0.3 is 5.97 Å². The zero-order valence-corrected chi connectivity index (χ0v) is 8.38. The molecule has 0 bridgehead atoms. The third kappa shape index (κ3) is 1.95. The number of aliphatic carboxylic acids is 1. The number of aromatic amines is 2. The minimum absolute atomic E-state index is 0.190. The second-order valence-electron chi connectivity index (χ2n) is 4.02. The Morgan fingerprint density at radius 2 is 2.00 bits per heavy atom. The highest BCUT2D eigenvalue weighted by atomic mass is 16.4. The Labute approximate surface area is 86.5 Å². The Bertz CT molecular complexity index is 413. The van der Waals surface area contributed by atoms with Gasteiger partial charge in [0.15, 0.2) is 0 Å². The van der Waals surface area contributed by atoms with Crippen LogP contribution in [-0.4, -0.2) is 21.3 Å². The number of H-pyrrole nitrogens is 2. The number of carboxylic acid groups (broad SMARTS) is 1. The van der Waals surface area contributed by atoms with Gasteiger partial charge in [0.05, 0.1) is 12.0 Å². The highest BCUT2D eigenvalue weighted by molar-refractivity contribution is 5.70. The van der Waals surface area contributed by atoms with Crippen molar-refractivity contribution in [2.45, 2.75) is 38.0 Å². The molecular weight excluding hydrogens is 196 g/mol. The summed E-state index contributed by atoms with van der Waals surface area (Å²) < 4.78 is 0. The van der Waals surface area contributed by atoms with Crippen LogP contribution >= 0.6 is 0 Å². The first-order valence-electron chi connectivity index (χ1n) is 5.19. The summed E-state index contributed by atoms with van der Waals surface area (Å²) in [6.45, 7) is 0. The van der Waals surface area contributed by atoms with E-state index in [1.807, 2.05) is 0 Å². The molecule has 2 rings (SSSR count). The molecule has 5 nitrogen and oxygen atoms in total. The van der Waals surface area contributed by atoms with Gasteiger partial charge in [0.1, 0.15) is 0 Å². The molecule has 82 valence electrons. The predicted octanol–water partition coefficient (Wildman–Crippen LogP) is 0.988. The summed E-state index contributed by atoms with van der Waals surface area (Å²) in [5.41, 5.74) is 0.911. The average Bonchev–Trinajstić information content (AvgIpc) is 2.76. The van der Waals surface area contributed by atoms with Gasteiger partial charge in [-0.05, 0) is 12.8 Å². The molecule has 0 saturated heterocycles. The molecule has 0 radical (unpaired) electrons. The van der Waals surface area contributed by atoms with Gasteiger partial charge in [-0.3, -0.25) is 14.7 Å². The first-order chi connectivity index (χ1) is 7.18. The molecule has 0 amide bonds. The average molecular weight is 210 g/mol. The zero-order valence-electron chi connectivity index (χ0n) is 8.38. The number of aromatic nitrogens is 2. The maximum Gasteiger partial charge on any atom is 0.308 e. The predicted molar refractivity (Wildman–Crippen MR) is 54.0 cm³/mol. The van der Waals surface area contributed by atoms with E-state index in [4.69, 9.17) is 5.11 Å². The van der Waals surface area contributed by atoms with Crippen molar-refractivity contribution < 1.29 is 9.90 Å². The molecule has 15 heavy (non-hydrogen) atoms. The second kappa shape index (κ2) is 3.92. The maximum atomic E-state index is 11.4. The quantitative estimate of drug-likeness (QED) is 0.695. The van der Waals surface area contributed by atoms with Crippen molar-refractivity contribution in [3.63, 3.8) is 0 Å². The lowest BCUT2D eigenvalue weighted by Gasteiger charge is -2.07. The molecule has 0 aromatic carbocycles. The Balaban J connectivity index is 2.30. The molecule has 1 saturated carbocycles. The van der Waals surface area contributed by atoms with Crippen molar-refractivity contribution in [1.29, 1.82) is 0 Å². The van der Waals surface area contributed by atoms with E-state index in [1.165, 1.54) is 0 Å². The summed E-state index contributed by atoms with van der Waals surface area (Å²) in [6.07, 6.45) is 4.21. The van der Waals surface area contributed by atoms with E-state index in [1.54, 1.807) is 0 Å². The van der Waals surface area contributed by atoms with Crippen LogP contribution in [0.25, 0.3) is 0 Å². The lowest BCUT2D eigenvalue weighted by atomic mass is 9.99. The third-order valence-electron chi connectivity index (χ3n) is 3.00. The zero-order chi connectivity index (χ0) is 10.8. The van der Waals surface area contributed by atoms with Gasteiger partial charge in [0.25, 0.3) is 5.56 Å². The van der Waals surface area contributed by atoms with E-state index in [-0.39, 0.29) is 12.0 Å². The van der Waals surface area contributed by atoms with E-state index >= 15 is 0 Å². The van der Waals surface area contributed by atoms with Crippen molar-refractivity contribution in [1.82, 2.24) is 10.2 Å². The second-order valence-corrected chi connectivity index (χ2v) is 4.02. The molecule has 0 aliphatic heterocycles. The van der Waals surface area contributed by atoms with Crippen molar-refractivity contribution in [2.24, 2.45) is 0 Å². The minimum atomic E-state index is -0.959. The number of hydrogen-bond donors (Lipinski definition) is 3. The summed E-state index contributed by atoms with van der Waals surface area (Å²) in [6, 6.07) is 0. The fourth-order valence-corrected chi connectivity index (χ4v) is 2.29. The Morgan fingerprint density at radius 3 is 2.60 bits per heavy atom. The van der Waals surface area contributed by atoms with E-state index in [9.17, 15) is 9.59 Å². The summed E-state index contributed by atoms with van der Waals surface area (Å²) in [4.78, 5) is 22.0. The lowest BCUT2D eigenvalue weighted by molar-refractivity contribution is -0.136. The van der Waals surface area contributed by atoms with Gasteiger partial charge in [-0.25, -0.2) is 0 Å². The van der Waals surface area contributed by atoms with Crippen LogP contribution in [0.1, 0.15) is 42.9 Å². The minimum Gasteiger partial charge on any atom is -0.481 e. The van der Waals surface area contributed by atoms with Crippen LogP contribution in [0, 0.1) is 0 Å². The van der Waals surface area contributed by atoms with Crippen LogP contribution in [0.15, 0.2) is 4.79 Å². The smallest absolute Gasteiger partial charge is 0.308 e. The topological polar surface area (TPSA) is 85.9 Å². The number of rotatable bonds is 3. The lowest BCUT2D eigenvalue weighted by Crippen LogP contribution is -2.13. The Hall–Kier alpha value is -1.52. The van der Waals surface area contributed by atoms with Crippen LogP contribution in [-0.2, 0) is 11.2 Å². The molecule has 1 aromatic rings. The molecule has 1 aromatic heterocycles. The first-order valence-corrected chi connectivity index (χ1v) is 5.19. The highest BCUT2D eigenvalue weighted by Crippen LogP contribution is 2.33. The molecule has 0 unspecified atom stereocenters. The molecule has 1 aliphatic carbocycles. The maximum absolute atomic E-state index is 11.4. The summed E-state index contributed by atoms with van der Waals surface area (Å²) in [5.74, 6) is -0.627. The number of nitrogens with one attached hydrogen (secondary N) is 2. The van der Waals surface area contributed by atoms with Gasteiger partial charge in [0.2, 0.25) is 0 Å². The van der Waals surface area contributed by atoms with E-state index in [0.717, 1.165) is 31.4 Å². The molecular formula is C10H14N2O3. The van der Waals surface area contributed by atoms with Crippen LogP contribution in [0.5, 0.6) is 0 Å². The monoisotopic (exact) mass is 210 g/mol. The third-order valence-corrected chi connectivity index (χ3v) is 3.00. The van der Waals surface area contributed by atoms with Gasteiger partial charge in [-0.15, -0.1) is 0 Å². The van der Waals surface area contributed by atoms with E-state index < -0.39 is 5.97 Å². The van der Waals surface area contributed by atoms with Gasteiger partial charge in [0, 0.05) is 11.6 Å². The molecule has 0 atom stereocenters. The van der Waals surface area contributed by atoms with E-state index in [0.29, 0.717) is 11.5 Å². The molecule has 5 heteroatoms. The number of carboxylic acids is 1. The Kier molecular flexibility index (Phi) is 2.62. The van der Waals surface area contributed by atoms with Crippen LogP contribution in [0.3, 0.4) is 0 Å². The van der Waals surface area contributed by atoms with Gasteiger partial charge < -0.3 is 10.2 Å². The number of carbonyl (C=O) groups is 1. The van der Waals surface area contributed by atoms with Crippen molar-refractivity contribution in [3.05, 3.63) is 21.6 Å². The van der Waals surface area contributed by atoms with Gasteiger partial charge in [-0.1, -0.05) is 12.8 Å². The molecule has 3 N–H and O–H groups in total. The summed E-state index contributed by atoms with van der Waals surface area (Å²) in [7, 11) is 0. The number of hydrogen-bond acceptors (Lipinski definition) is 2. The van der Waals surface area contributed by atoms with Gasteiger partial charge in [-0.2, -0.15) is 0 Å². The normalized spacial score (nSPS) is 17.1. The fourth-order valence-electron chi connectivity index (χ4n) is 2.29. The van der Waals surface area contributed by atoms with Crippen molar-refractivity contribution >= 4 is 5.97 Å². The summed E-state index contributed by atoms with van der Waals surface area (Å²) in [5, 5.41) is 14.0. The highest BCUT2D eigenvalue weighted by Gasteiger charge is 2.24. The molecule has 1 fully saturated rings. The van der Waals surface area contributed by atoms with E-state index in [2.05, 4.69) is 10.2 Å². The molecule has 1 heterocycles. The van der Waals surface area contributed by atoms with Crippen molar-refractivity contribution in [2.75, 3.05) is 0 Å². The van der Waals surface area contributed by atoms with Crippen LogP contribution in [0.2, 0.25) is 0 Å². The molecule has 0 spiro atoms. The SMILES string of the molecule is O=C(O)Cc1c(C2CCCC2)[nH][nH]c1=O.